The number of carbonyl (C=O) groups is 1. The van der Waals surface area contributed by atoms with Crippen molar-refractivity contribution in [2.24, 2.45) is 30.0 Å². The van der Waals surface area contributed by atoms with E-state index in [1.165, 1.54) is 7.11 Å². The number of aromatic nitrogens is 2. The molecule has 5 N–H and O–H groups in total. The van der Waals surface area contributed by atoms with E-state index in [2.05, 4.69) is 26.2 Å². The minimum atomic E-state index is -4.97. The lowest BCUT2D eigenvalue weighted by Crippen LogP contribution is -2.70. The Labute approximate surface area is 640 Å². The van der Waals surface area contributed by atoms with Gasteiger partial charge in [0.25, 0.3) is 50.6 Å². The Morgan fingerprint density at radius 2 is 0.688 bits per heavy atom. The van der Waals surface area contributed by atoms with Gasteiger partial charge < -0.3 is 31.4 Å². The van der Waals surface area contributed by atoms with Gasteiger partial charge in [-0.1, -0.05) is 97.1 Å². The van der Waals surface area contributed by atoms with Crippen LogP contribution in [0.4, 0.5) is 11.6 Å². The van der Waals surface area contributed by atoms with Gasteiger partial charge in [-0.2, -0.15) is 42.1 Å². The number of hydrogen-bond donors (Lipinski definition) is 5. The highest BCUT2D eigenvalue weighted by molar-refractivity contribution is 7.86. The van der Waals surface area contributed by atoms with E-state index in [1.807, 2.05) is 106 Å². The van der Waals surface area contributed by atoms with Crippen LogP contribution in [0.2, 0.25) is 38.3 Å². The van der Waals surface area contributed by atoms with Crippen LogP contribution < -0.4 is 11.0 Å². The molecular formula is C70H100N10O21S5Si3+2. The van der Waals surface area contributed by atoms with Crippen molar-refractivity contribution < 1.29 is 101 Å². The SMILES string of the molecule is COC(=O)CCOCCOCC[N+](CCCCS(=O)(=O)O)(CCCCS(=O)(=O)O)CCC[Si](C)(C)O[Si]1(O[Si](C)(C)CCC[N+](CCCCS(=O)(=O)O)(CCCCS(=O)(=O)O)CCCCS(=O)(=O)O)n2c3c4ccccc4c2N=C2N=C(N=c4c5ccccc5c(n41)=NC1=NC(=N3)c3ccccc31)c1ccccc12. The summed E-state index contributed by atoms with van der Waals surface area (Å²) in [4.78, 5) is 45.1. The van der Waals surface area contributed by atoms with Crippen molar-refractivity contribution in [1.82, 2.24) is 8.47 Å². The summed E-state index contributed by atoms with van der Waals surface area (Å²) < 4.78 is 209. The van der Waals surface area contributed by atoms with Crippen molar-refractivity contribution in [3.8, 4) is 0 Å². The summed E-state index contributed by atoms with van der Waals surface area (Å²) in [5.74, 6) is -0.719. The van der Waals surface area contributed by atoms with E-state index in [-0.39, 0.29) is 69.4 Å². The van der Waals surface area contributed by atoms with Crippen molar-refractivity contribution >= 4 is 139 Å². The summed E-state index contributed by atoms with van der Waals surface area (Å²) in [5.41, 5.74) is 3.64. The van der Waals surface area contributed by atoms with Gasteiger partial charge in [-0.3, -0.25) is 36.0 Å². The normalized spacial score (nSPS) is 16.1. The molecule has 6 bridgehead atoms. The highest BCUT2D eigenvalue weighted by Crippen LogP contribution is 2.46. The summed E-state index contributed by atoms with van der Waals surface area (Å²) in [6.07, 6.45) is 2.98. The molecule has 6 heterocycles. The molecule has 6 aromatic rings. The van der Waals surface area contributed by atoms with E-state index < -0.39 is 111 Å². The number of esters is 1. The third-order valence-electron chi connectivity index (χ3n) is 20.1. The minimum Gasteiger partial charge on any atom is -0.469 e. The van der Waals surface area contributed by atoms with Gasteiger partial charge in [-0.05, 0) is 115 Å². The molecule has 4 aliphatic heterocycles. The van der Waals surface area contributed by atoms with E-state index in [0.29, 0.717) is 204 Å². The molecule has 39 heteroatoms. The van der Waals surface area contributed by atoms with Gasteiger partial charge in [0.05, 0.1) is 115 Å². The monoisotopic (exact) mass is 1660 g/mol. The summed E-state index contributed by atoms with van der Waals surface area (Å²) in [5, 5.41) is 2.67. The van der Waals surface area contributed by atoms with Crippen LogP contribution in [0.1, 0.15) is 106 Å². The number of methoxy groups -OCH3 is 1. The van der Waals surface area contributed by atoms with Gasteiger partial charge in [0.1, 0.15) is 29.2 Å². The lowest BCUT2D eigenvalue weighted by Gasteiger charge is -2.44. The molecule has 0 fully saturated rings. The molecule has 10 rings (SSSR count). The van der Waals surface area contributed by atoms with Crippen molar-refractivity contribution in [2.75, 3.05) is 115 Å². The molecule has 31 nitrogen and oxygen atoms in total. The van der Waals surface area contributed by atoms with Gasteiger partial charge in [0.2, 0.25) is 0 Å². The molecule has 109 heavy (non-hydrogen) atoms. The first-order valence-corrected chi connectivity index (χ1v) is 52.7. The number of hydrogen-bond acceptors (Lipinski definition) is 22. The first kappa shape index (κ1) is 85.1. The zero-order chi connectivity index (χ0) is 78.7. The molecule has 0 aliphatic carbocycles. The Morgan fingerprint density at radius 1 is 0.385 bits per heavy atom. The highest BCUT2D eigenvalue weighted by Gasteiger charge is 2.58. The summed E-state index contributed by atoms with van der Waals surface area (Å²) in [7, 11) is -32.4. The Hall–Kier alpha value is -6.33. The number of amidine groups is 4. The van der Waals surface area contributed by atoms with E-state index in [4.69, 9.17) is 52.4 Å². The Kier molecular flexibility index (Phi) is 27.9. The maximum atomic E-state index is 12.2. The second-order valence-corrected chi connectivity index (χ2v) is 49.1. The fourth-order valence-electron chi connectivity index (χ4n) is 15.0. The van der Waals surface area contributed by atoms with Crippen LogP contribution in [-0.4, -0.2) is 252 Å². The Morgan fingerprint density at radius 3 is 1.03 bits per heavy atom. The largest absolute Gasteiger partial charge is 0.582 e. The number of ether oxygens (including phenoxy) is 3. The topological polar surface area (TPSA) is 419 Å². The lowest BCUT2D eigenvalue weighted by molar-refractivity contribution is -0.929. The molecule has 4 aromatic carbocycles. The molecule has 2 aromatic heterocycles. The highest BCUT2D eigenvalue weighted by atomic mass is 32.2. The number of quaternary nitrogens is 2. The first-order valence-electron chi connectivity index (χ1n) is 36.7. The van der Waals surface area contributed by atoms with Crippen molar-refractivity contribution in [2.45, 2.75) is 122 Å². The van der Waals surface area contributed by atoms with Crippen LogP contribution in [-0.2, 0) is 77.8 Å². The molecule has 596 valence electrons. The number of rotatable bonds is 46. The minimum absolute atomic E-state index is 0.0509. The van der Waals surface area contributed by atoms with Crippen LogP contribution in [0, 0.1) is 0 Å². The number of unbranched alkanes of at least 4 members (excludes halogenated alkanes) is 5. The average Bonchev–Trinajstić information content (AvgIpc) is 1.54. The second kappa shape index (κ2) is 35.8. The van der Waals surface area contributed by atoms with Crippen LogP contribution in [0.15, 0.2) is 127 Å². The number of fused-ring (bicyclic) bond motifs is 14. The molecule has 0 radical (unpaired) electrons. The molecule has 0 saturated carbocycles. The van der Waals surface area contributed by atoms with E-state index in [1.54, 1.807) is 0 Å². The first-order chi connectivity index (χ1) is 51.4. The molecule has 0 amide bonds. The predicted molar refractivity (Wildman–Crippen MR) is 423 cm³/mol. The fraction of sp³-hybridized carbons (Fsp3) is 0.529. The van der Waals surface area contributed by atoms with Gasteiger partial charge in [-0.15, -0.1) is 0 Å². The predicted octanol–water partition coefficient (Wildman–Crippen LogP) is 8.16. The van der Waals surface area contributed by atoms with E-state index in [9.17, 15) is 69.6 Å². The van der Waals surface area contributed by atoms with Crippen LogP contribution >= 0.6 is 0 Å². The van der Waals surface area contributed by atoms with Crippen LogP contribution in [0.3, 0.4) is 0 Å². The number of benzene rings is 4. The molecular weight excluding hydrogens is 1560 g/mol. The quantitative estimate of drug-likeness (QED) is 0.00790. The summed E-state index contributed by atoms with van der Waals surface area (Å²) in [6, 6.07) is 31.9. The van der Waals surface area contributed by atoms with Gasteiger partial charge >= 0.3 is 14.9 Å². The van der Waals surface area contributed by atoms with E-state index in [0.717, 1.165) is 0 Å². The lowest BCUT2D eigenvalue weighted by atomic mass is 10.1. The maximum absolute atomic E-state index is 12.2. The fourth-order valence-corrected chi connectivity index (χ4v) is 30.4. The summed E-state index contributed by atoms with van der Waals surface area (Å²) >= 11 is 0. The Balaban J connectivity index is 1.16. The molecule has 1 atom stereocenters. The summed E-state index contributed by atoms with van der Waals surface area (Å²) in [6.45, 7) is 12.0. The number of carbonyl (C=O) groups excluding carboxylic acids is 1. The van der Waals surface area contributed by atoms with E-state index >= 15 is 0 Å². The number of aliphatic imine (C=N–C) groups is 4. The van der Waals surface area contributed by atoms with Gasteiger partial charge in [0.15, 0.2) is 40.0 Å². The second-order valence-electron chi connectivity index (χ2n) is 29.6. The van der Waals surface area contributed by atoms with Gasteiger partial charge in [-0.25, -0.2) is 30.0 Å². The third-order valence-corrected chi connectivity index (χ3v) is 35.8. The third kappa shape index (κ3) is 23.2. The zero-order valence-corrected chi connectivity index (χ0v) is 69.2. The zero-order valence-electron chi connectivity index (χ0n) is 62.1. The van der Waals surface area contributed by atoms with Gasteiger partial charge in [0, 0.05) is 43.8 Å². The molecule has 0 saturated heterocycles. The average molecular weight is 1660 g/mol. The standard InChI is InChI=1S/C70H98N10O21S5Si3/c1-97-62(81)34-43-98-45-46-99-44-42-80(38-17-22-50-105(91,92)93,39-18-23-51-106(94,95)96)41-25-53-108(4,5)101-109(100-107(2,3)52-24-40-79(35-14-19-47-102(82,83)84,36-15-20-48-103(85,86)87)37-16-21-49-104(88,89)90)77-67-58-30-10-11-31-59(58)69(77)75-65-56-28-8-9-29-57(56)66(72-65)76-70-61-33-13-12-32-60(61)68(78(70)109)74-64-55-27-7-6-26-54(55)63(71-64)73-67/h6-13,26-33H,14-25,34-53H2,1-5H3,(H3-2,82,83,84,85,86,87,88,89,90,91,92,93,94,95,96)/p+2. The van der Waals surface area contributed by atoms with Crippen molar-refractivity contribution in [3.05, 3.63) is 130 Å². The molecule has 1 unspecified atom stereocenters. The van der Waals surface area contributed by atoms with Crippen LogP contribution in [0.5, 0.6) is 0 Å². The number of nitrogens with zero attached hydrogens (tertiary/aromatic N) is 10. The maximum Gasteiger partial charge on any atom is 0.582 e. The van der Waals surface area contributed by atoms with Crippen LogP contribution in [0.25, 0.3) is 21.5 Å². The van der Waals surface area contributed by atoms with Crippen molar-refractivity contribution in [3.63, 3.8) is 0 Å². The molecule has 4 aliphatic rings. The Bertz CT molecular complexity index is 4890. The smallest absolute Gasteiger partial charge is 0.469 e. The van der Waals surface area contributed by atoms with Crippen molar-refractivity contribution in [1.29, 1.82) is 0 Å². The molecule has 0 spiro atoms.